The lowest BCUT2D eigenvalue weighted by Gasteiger charge is -2.46. The molecule has 2 aliphatic rings. The number of nitrogens with zero attached hydrogens (tertiary/aromatic N) is 2. The summed E-state index contributed by atoms with van der Waals surface area (Å²) in [7, 11) is -3.08. The Morgan fingerprint density at radius 3 is 0.644 bits per heavy atom. The number of hydrogen-bond donors (Lipinski definition) is 0. The zero-order valence-corrected chi connectivity index (χ0v) is 45.3. The van der Waals surface area contributed by atoms with Crippen molar-refractivity contribution in [2.45, 2.75) is 77.0 Å². The van der Waals surface area contributed by atoms with E-state index in [4.69, 9.17) is 18.1 Å². The van der Waals surface area contributed by atoms with E-state index >= 15 is 0 Å². The molecule has 372 valence electrons. The monoisotopic (exact) mass is 1000 g/mol. The van der Waals surface area contributed by atoms with Crippen LogP contribution in [0.4, 0.5) is 22.7 Å². The summed E-state index contributed by atoms with van der Waals surface area (Å²) in [6.45, 7) is 20.0. The predicted octanol–water partition coefficient (Wildman–Crippen LogP) is 17.5. The Kier molecular flexibility index (Phi) is 14.4. The molecule has 2 heterocycles. The Morgan fingerprint density at radius 2 is 0.452 bits per heavy atom. The lowest BCUT2D eigenvalue weighted by Crippen LogP contribution is -2.46. The van der Waals surface area contributed by atoms with Crippen LogP contribution in [0.1, 0.15) is 99.9 Å². The average Bonchev–Trinajstić information content (AvgIpc) is 3.44. The molecule has 0 saturated carbocycles. The molecule has 1 spiro atoms. The van der Waals surface area contributed by atoms with Crippen molar-refractivity contribution in [1.82, 2.24) is 0 Å². The third-order valence-corrected chi connectivity index (χ3v) is 18.5. The molecule has 10 rings (SSSR count). The first kappa shape index (κ1) is 50.6. The number of benzene rings is 8. The third kappa shape index (κ3) is 10.3. The van der Waals surface area contributed by atoms with Gasteiger partial charge >= 0.3 is 0 Å². The van der Waals surface area contributed by atoms with Crippen LogP contribution in [0.3, 0.4) is 0 Å². The highest BCUT2D eigenvalue weighted by Crippen LogP contribution is 2.60. The molecule has 8 heteroatoms. The van der Waals surface area contributed by atoms with Gasteiger partial charge in [-0.2, -0.15) is 0 Å². The van der Waals surface area contributed by atoms with Gasteiger partial charge < -0.3 is 18.1 Å². The van der Waals surface area contributed by atoms with Crippen molar-refractivity contribution < 1.29 is 18.1 Å². The molecule has 2 fully saturated rings. The fourth-order valence-electron chi connectivity index (χ4n) is 10.2. The molecule has 2 aliphatic heterocycles. The minimum atomic E-state index is -1.54. The fourth-order valence-corrected chi connectivity index (χ4v) is 13.6. The minimum absolute atomic E-state index is 0.174. The van der Waals surface area contributed by atoms with E-state index in [1.165, 1.54) is 44.5 Å². The van der Waals surface area contributed by atoms with E-state index in [2.05, 4.69) is 283 Å². The molecular weight excluding hydrogens is 935 g/mol. The van der Waals surface area contributed by atoms with Crippen molar-refractivity contribution >= 4 is 39.8 Å². The second kappa shape index (κ2) is 20.8. The van der Waals surface area contributed by atoms with Gasteiger partial charge in [0.05, 0.1) is 31.8 Å². The first-order chi connectivity index (χ1) is 35.2. The maximum atomic E-state index is 6.91. The quantitative estimate of drug-likeness (QED) is 0.101. The van der Waals surface area contributed by atoms with Crippen molar-refractivity contribution in [1.29, 1.82) is 0 Å². The van der Waals surface area contributed by atoms with Crippen LogP contribution in [0, 0.1) is 5.41 Å². The van der Waals surface area contributed by atoms with Crippen LogP contribution >= 0.6 is 17.1 Å². The smallest absolute Gasteiger partial charge is 0.294 e. The molecule has 73 heavy (non-hydrogen) atoms. The first-order valence-electron chi connectivity index (χ1n) is 25.5. The van der Waals surface area contributed by atoms with Gasteiger partial charge in [0, 0.05) is 44.4 Å². The average molecular weight is 1000 g/mol. The zero-order valence-electron chi connectivity index (χ0n) is 43.5. The van der Waals surface area contributed by atoms with Gasteiger partial charge in [-0.1, -0.05) is 225 Å². The highest BCUT2D eigenvalue weighted by atomic mass is 31.2. The van der Waals surface area contributed by atoms with Crippen molar-refractivity contribution in [3.63, 3.8) is 0 Å². The van der Waals surface area contributed by atoms with Gasteiger partial charge in [0.1, 0.15) is 0 Å². The Balaban J connectivity index is 0.902. The molecule has 0 unspecified atom stereocenters. The molecule has 8 aromatic rings. The third-order valence-electron chi connectivity index (χ3n) is 15.6. The molecule has 0 aliphatic carbocycles. The number of hydrogen-bond acceptors (Lipinski definition) is 6. The van der Waals surface area contributed by atoms with Crippen LogP contribution in [0.5, 0.6) is 0 Å². The number of rotatable bonds is 14. The predicted molar refractivity (Wildman–Crippen MR) is 304 cm³/mol. The second-order valence-corrected chi connectivity index (χ2v) is 24.6. The van der Waals surface area contributed by atoms with Crippen LogP contribution in [0.15, 0.2) is 218 Å². The van der Waals surface area contributed by atoms with E-state index < -0.39 is 22.5 Å². The van der Waals surface area contributed by atoms with E-state index in [1.807, 2.05) is 0 Å². The molecule has 8 aromatic carbocycles. The maximum Gasteiger partial charge on any atom is 0.294 e. The SMILES string of the molecule is CC(C)(c1ccccc1)c1ccc(N(c2ccc(C(C)(C)c3ccccc3)cc2)P2OCC3(CO2)COP(N(c2ccc(C(C)(C)c4ccccc4)cc2)c2ccc(C(C)(C)c4ccccc4)cc2)OC3)cc1. The van der Waals surface area contributed by atoms with E-state index in [0.717, 1.165) is 22.7 Å². The van der Waals surface area contributed by atoms with Gasteiger partial charge in [0.2, 0.25) is 0 Å². The van der Waals surface area contributed by atoms with E-state index in [-0.39, 0.29) is 21.7 Å². The molecule has 0 aromatic heterocycles. The van der Waals surface area contributed by atoms with Crippen molar-refractivity contribution in [3.8, 4) is 0 Å². The fraction of sp³-hybridized carbons (Fsp3) is 0.262. The number of anilines is 4. The van der Waals surface area contributed by atoms with Crippen molar-refractivity contribution in [2.24, 2.45) is 5.41 Å². The largest absolute Gasteiger partial charge is 0.316 e. The summed E-state index contributed by atoms with van der Waals surface area (Å²) in [5.74, 6) is 0. The Bertz CT molecular complexity index is 2640. The Morgan fingerprint density at radius 1 is 0.274 bits per heavy atom. The topological polar surface area (TPSA) is 43.4 Å². The summed E-state index contributed by atoms with van der Waals surface area (Å²) in [6, 6.07) is 78.5. The lowest BCUT2D eigenvalue weighted by molar-refractivity contribution is -0.0530. The van der Waals surface area contributed by atoms with Gasteiger partial charge in [-0.05, 0) is 93.0 Å². The Hall–Kier alpha value is -5.94. The normalized spacial score (nSPS) is 18.6. The van der Waals surface area contributed by atoms with Gasteiger partial charge in [-0.3, -0.25) is 9.34 Å². The highest BCUT2D eigenvalue weighted by molar-refractivity contribution is 7.50. The van der Waals surface area contributed by atoms with Crippen LogP contribution in [0.25, 0.3) is 0 Å². The van der Waals surface area contributed by atoms with Crippen LogP contribution in [0.2, 0.25) is 0 Å². The molecule has 0 amide bonds. The van der Waals surface area contributed by atoms with Crippen LogP contribution in [-0.4, -0.2) is 26.4 Å². The van der Waals surface area contributed by atoms with Crippen molar-refractivity contribution in [2.75, 3.05) is 35.8 Å². The molecule has 2 saturated heterocycles. The molecule has 0 radical (unpaired) electrons. The molecule has 6 nitrogen and oxygen atoms in total. The summed E-state index contributed by atoms with van der Waals surface area (Å²) >= 11 is 0. The molecule has 0 N–H and O–H groups in total. The van der Waals surface area contributed by atoms with Gasteiger partial charge in [0.25, 0.3) is 17.1 Å². The summed E-state index contributed by atoms with van der Waals surface area (Å²) < 4.78 is 32.1. The Labute approximate surface area is 436 Å². The van der Waals surface area contributed by atoms with E-state index in [9.17, 15) is 0 Å². The van der Waals surface area contributed by atoms with E-state index in [1.54, 1.807) is 0 Å². The van der Waals surface area contributed by atoms with Gasteiger partial charge in [-0.25, -0.2) is 0 Å². The molecular formula is C65H68N2O4P2. The van der Waals surface area contributed by atoms with Gasteiger partial charge in [-0.15, -0.1) is 0 Å². The minimum Gasteiger partial charge on any atom is -0.316 e. The second-order valence-electron chi connectivity index (χ2n) is 21.8. The summed E-state index contributed by atoms with van der Waals surface area (Å²) in [5, 5.41) is 0. The first-order valence-corrected chi connectivity index (χ1v) is 27.8. The maximum absolute atomic E-state index is 6.91. The van der Waals surface area contributed by atoms with Crippen LogP contribution in [-0.2, 0) is 39.8 Å². The summed E-state index contributed by atoms with van der Waals surface area (Å²) in [6.07, 6.45) is 0. The van der Waals surface area contributed by atoms with E-state index in [0.29, 0.717) is 26.4 Å². The standard InChI is InChI=1S/C65H68N2O4P2/c1-61(2,49-21-13-9-14-22-49)53-29-37-57(38-30-53)66(58-39-31-54(32-40-58)62(3,4)50-23-15-10-16-24-50)72-68-45-65(46-69-72)47-70-73(71-48-65)67(59-41-33-55(34-42-59)63(5,6)51-25-17-11-18-26-51)60-43-35-56(36-44-60)64(7,8)52-27-19-12-20-28-52/h9-44H,45-48H2,1-8H3. The van der Waals surface area contributed by atoms with Crippen molar-refractivity contribution in [3.05, 3.63) is 263 Å². The zero-order chi connectivity index (χ0) is 50.9. The molecule has 0 atom stereocenters. The van der Waals surface area contributed by atoms with Gasteiger partial charge in [0.15, 0.2) is 0 Å². The summed E-state index contributed by atoms with van der Waals surface area (Å²) in [4.78, 5) is 0. The molecule has 0 bridgehead atoms. The lowest BCUT2D eigenvalue weighted by atomic mass is 9.78. The highest BCUT2D eigenvalue weighted by Gasteiger charge is 2.46. The summed E-state index contributed by atoms with van der Waals surface area (Å²) in [5.41, 5.74) is 12.9. The van der Waals surface area contributed by atoms with Crippen LogP contribution < -0.4 is 9.34 Å².